The molecule has 0 bridgehead atoms. The van der Waals surface area contributed by atoms with Crippen molar-refractivity contribution in [3.63, 3.8) is 0 Å². The Morgan fingerprint density at radius 2 is 2.11 bits per heavy atom. The van der Waals surface area contributed by atoms with E-state index in [2.05, 4.69) is 0 Å². The van der Waals surface area contributed by atoms with Gasteiger partial charge >= 0.3 is 0 Å². The molecule has 0 aromatic heterocycles. The monoisotopic (exact) mass is 305 g/mol. The molecule has 4 nitrogen and oxygen atoms in total. The summed E-state index contributed by atoms with van der Waals surface area (Å²) in [6.45, 7) is 1.65. The summed E-state index contributed by atoms with van der Waals surface area (Å²) in [6, 6.07) is 4.83. The fourth-order valence-corrected chi connectivity index (χ4v) is 2.03. The summed E-state index contributed by atoms with van der Waals surface area (Å²) in [5.41, 5.74) is 0.467. The van der Waals surface area contributed by atoms with E-state index in [0.717, 1.165) is 0 Å². The minimum Gasteiger partial charge on any atom is -0.394 e. The first-order valence-corrected chi connectivity index (χ1v) is 6.65. The second-order valence-electron chi connectivity index (χ2n) is 4.12. The number of rotatable bonds is 8. The van der Waals surface area contributed by atoms with E-state index in [1.54, 1.807) is 18.2 Å². The van der Waals surface area contributed by atoms with Crippen molar-refractivity contribution >= 4 is 29.0 Å². The summed E-state index contributed by atoms with van der Waals surface area (Å²) < 4.78 is 5.13. The van der Waals surface area contributed by atoms with Gasteiger partial charge in [0.2, 0.25) is 0 Å². The number of Topliss-reactive ketones (excluding diaryl/α,β-unsaturated/α-hetero) is 1. The quantitative estimate of drug-likeness (QED) is 0.590. The van der Waals surface area contributed by atoms with Crippen molar-refractivity contribution in [2.45, 2.75) is 0 Å². The van der Waals surface area contributed by atoms with Crippen molar-refractivity contribution in [1.82, 2.24) is 4.90 Å². The lowest BCUT2D eigenvalue weighted by Gasteiger charge is -2.16. The maximum Gasteiger partial charge on any atom is 0.178 e. The van der Waals surface area contributed by atoms with Gasteiger partial charge in [0, 0.05) is 17.1 Å². The van der Waals surface area contributed by atoms with E-state index < -0.39 is 0 Å². The van der Waals surface area contributed by atoms with E-state index in [4.69, 9.17) is 33.0 Å². The van der Waals surface area contributed by atoms with Crippen LogP contribution in [0.1, 0.15) is 10.4 Å². The molecule has 1 rings (SSSR count). The molecule has 0 radical (unpaired) electrons. The fourth-order valence-electron chi connectivity index (χ4n) is 1.51. The average molecular weight is 306 g/mol. The Labute approximate surface area is 122 Å². The highest BCUT2D eigenvalue weighted by atomic mass is 35.5. The first-order chi connectivity index (χ1) is 9.04. The van der Waals surface area contributed by atoms with Crippen LogP contribution in [0.15, 0.2) is 18.2 Å². The van der Waals surface area contributed by atoms with Gasteiger partial charge in [0.1, 0.15) is 0 Å². The zero-order valence-corrected chi connectivity index (χ0v) is 12.2. The number of ether oxygens (including phenoxy) is 1. The number of hydrogen-bond acceptors (Lipinski definition) is 4. The molecule has 1 aromatic rings. The van der Waals surface area contributed by atoms with Gasteiger partial charge in [-0.05, 0) is 25.2 Å². The highest BCUT2D eigenvalue weighted by Gasteiger charge is 2.13. The molecule has 106 valence electrons. The van der Waals surface area contributed by atoms with E-state index in [0.29, 0.717) is 35.4 Å². The van der Waals surface area contributed by atoms with Gasteiger partial charge in [-0.3, -0.25) is 9.69 Å². The maximum absolute atomic E-state index is 12.0. The van der Waals surface area contributed by atoms with Crippen LogP contribution < -0.4 is 0 Å². The van der Waals surface area contributed by atoms with Gasteiger partial charge in [0.15, 0.2) is 5.78 Å². The molecule has 0 aliphatic carbocycles. The summed E-state index contributed by atoms with van der Waals surface area (Å²) in [7, 11) is 1.82. The van der Waals surface area contributed by atoms with Crippen molar-refractivity contribution in [3.8, 4) is 0 Å². The summed E-state index contributed by atoms with van der Waals surface area (Å²) in [5, 5.41) is 9.43. The molecule has 0 amide bonds. The van der Waals surface area contributed by atoms with E-state index >= 15 is 0 Å². The molecule has 0 saturated carbocycles. The van der Waals surface area contributed by atoms with E-state index in [-0.39, 0.29) is 18.9 Å². The Morgan fingerprint density at radius 3 is 2.74 bits per heavy atom. The number of halogens is 2. The number of aliphatic hydroxyl groups is 1. The van der Waals surface area contributed by atoms with Crippen LogP contribution in [0.3, 0.4) is 0 Å². The van der Waals surface area contributed by atoms with Crippen molar-refractivity contribution in [3.05, 3.63) is 33.8 Å². The fraction of sp³-hybridized carbons (Fsp3) is 0.462. The lowest BCUT2D eigenvalue weighted by atomic mass is 10.1. The van der Waals surface area contributed by atoms with Crippen LogP contribution >= 0.6 is 23.2 Å². The second kappa shape index (κ2) is 8.51. The van der Waals surface area contributed by atoms with Crippen molar-refractivity contribution in [2.24, 2.45) is 0 Å². The van der Waals surface area contributed by atoms with Crippen LogP contribution in [-0.2, 0) is 4.74 Å². The SMILES string of the molecule is CN(CCOCCO)CC(=O)c1ccc(Cl)cc1Cl. The van der Waals surface area contributed by atoms with E-state index in [1.165, 1.54) is 0 Å². The van der Waals surface area contributed by atoms with Crippen molar-refractivity contribution in [1.29, 1.82) is 0 Å². The molecule has 0 aliphatic rings. The molecule has 19 heavy (non-hydrogen) atoms. The molecule has 0 fully saturated rings. The Kier molecular flexibility index (Phi) is 7.34. The van der Waals surface area contributed by atoms with Crippen LogP contribution in [-0.4, -0.2) is 55.7 Å². The lowest BCUT2D eigenvalue weighted by molar-refractivity contribution is 0.0739. The summed E-state index contributed by atoms with van der Waals surface area (Å²) in [5.74, 6) is -0.0636. The van der Waals surface area contributed by atoms with Gasteiger partial charge in [-0.25, -0.2) is 0 Å². The van der Waals surface area contributed by atoms with Crippen LogP contribution in [0.25, 0.3) is 0 Å². The Bertz CT molecular complexity index is 426. The van der Waals surface area contributed by atoms with E-state index in [1.807, 2.05) is 11.9 Å². The minimum atomic E-state index is -0.0636. The van der Waals surface area contributed by atoms with Gasteiger partial charge in [-0.15, -0.1) is 0 Å². The third kappa shape index (κ3) is 5.89. The van der Waals surface area contributed by atoms with Gasteiger partial charge < -0.3 is 9.84 Å². The van der Waals surface area contributed by atoms with Gasteiger partial charge in [-0.2, -0.15) is 0 Å². The number of carbonyl (C=O) groups is 1. The number of carbonyl (C=O) groups excluding carboxylic acids is 1. The third-order valence-electron chi connectivity index (χ3n) is 2.50. The van der Waals surface area contributed by atoms with Gasteiger partial charge in [0.25, 0.3) is 0 Å². The van der Waals surface area contributed by atoms with Gasteiger partial charge in [-0.1, -0.05) is 23.2 Å². The molecular weight excluding hydrogens is 289 g/mol. The highest BCUT2D eigenvalue weighted by Crippen LogP contribution is 2.21. The smallest absolute Gasteiger partial charge is 0.178 e. The lowest BCUT2D eigenvalue weighted by Crippen LogP contribution is -2.29. The molecule has 0 heterocycles. The maximum atomic E-state index is 12.0. The second-order valence-corrected chi connectivity index (χ2v) is 4.96. The minimum absolute atomic E-state index is 0.00300. The summed E-state index contributed by atoms with van der Waals surface area (Å²) in [6.07, 6.45) is 0. The first kappa shape index (κ1) is 16.4. The summed E-state index contributed by atoms with van der Waals surface area (Å²) in [4.78, 5) is 13.9. The first-order valence-electron chi connectivity index (χ1n) is 5.90. The zero-order valence-electron chi connectivity index (χ0n) is 10.7. The molecule has 0 saturated heterocycles. The predicted octanol–water partition coefficient (Wildman–Crippen LogP) is 2.12. The number of hydrogen-bond donors (Lipinski definition) is 1. The molecule has 0 atom stereocenters. The Balaban J connectivity index is 2.45. The van der Waals surface area contributed by atoms with Crippen LogP contribution in [0.4, 0.5) is 0 Å². The number of ketones is 1. The summed E-state index contributed by atoms with van der Waals surface area (Å²) >= 11 is 11.8. The van der Waals surface area contributed by atoms with Crippen LogP contribution in [0.2, 0.25) is 10.0 Å². The third-order valence-corrected chi connectivity index (χ3v) is 3.05. The number of aliphatic hydroxyl groups excluding tert-OH is 1. The zero-order chi connectivity index (χ0) is 14.3. The highest BCUT2D eigenvalue weighted by molar-refractivity contribution is 6.36. The van der Waals surface area contributed by atoms with Crippen molar-refractivity contribution < 1.29 is 14.6 Å². The molecule has 1 N–H and O–H groups in total. The number of benzene rings is 1. The van der Waals surface area contributed by atoms with Crippen molar-refractivity contribution in [2.75, 3.05) is 40.0 Å². The van der Waals surface area contributed by atoms with Crippen LogP contribution in [0.5, 0.6) is 0 Å². The van der Waals surface area contributed by atoms with Gasteiger partial charge in [0.05, 0.1) is 31.4 Å². The molecule has 0 unspecified atom stereocenters. The Hall–Kier alpha value is -0.650. The molecule has 0 spiro atoms. The standard InChI is InChI=1S/C13H17Cl2NO3/c1-16(4-6-19-7-5-17)9-13(18)11-3-2-10(14)8-12(11)15/h2-3,8,17H,4-7,9H2,1H3. The molecular formula is C13H17Cl2NO3. The predicted molar refractivity (Wildman–Crippen MR) is 76.2 cm³/mol. The number of nitrogens with zero attached hydrogens (tertiary/aromatic N) is 1. The van der Waals surface area contributed by atoms with E-state index in [9.17, 15) is 4.79 Å². The van der Waals surface area contributed by atoms with Crippen LogP contribution in [0, 0.1) is 0 Å². The average Bonchev–Trinajstić information content (AvgIpc) is 2.34. The largest absolute Gasteiger partial charge is 0.394 e. The normalized spacial score (nSPS) is 11.0. The Morgan fingerprint density at radius 1 is 1.37 bits per heavy atom. The molecule has 6 heteroatoms. The topological polar surface area (TPSA) is 49.8 Å². The molecule has 0 aliphatic heterocycles. The molecule has 1 aromatic carbocycles. The number of likely N-dealkylation sites (N-methyl/N-ethyl adjacent to an activating group) is 1.